The number of anilines is 1. The maximum absolute atomic E-state index is 6.17. The largest absolute Gasteiger partial charge is 0.497 e. The summed E-state index contributed by atoms with van der Waals surface area (Å²) in [5.41, 5.74) is 9.65. The Kier molecular flexibility index (Phi) is 8.44. The lowest BCUT2D eigenvalue weighted by Crippen LogP contribution is -2.28. The molecule has 0 saturated carbocycles. The third-order valence-corrected chi connectivity index (χ3v) is 5.53. The molecule has 1 fully saturated rings. The summed E-state index contributed by atoms with van der Waals surface area (Å²) >= 11 is 3.48. The molecule has 32 heavy (non-hydrogen) atoms. The standard InChI is InChI=1S/C23H24BrN5O2.ClH/c1-30-19-8-4-16(5-9-19)21-14-20(15-2-6-17(24)7-3-15)27-23(28-21)29-22(25)26-18-10-12-31-13-11-18;/h2-9,14,18H,10-13H2,1H3,(H3,25,26,27,28,29);1H. The summed E-state index contributed by atoms with van der Waals surface area (Å²) < 4.78 is 11.7. The van der Waals surface area contributed by atoms with Crippen LogP contribution in [-0.2, 0) is 4.74 Å². The number of ether oxygens (including phenoxy) is 2. The number of aromatic nitrogens is 2. The Balaban J connectivity index is 0.00000289. The summed E-state index contributed by atoms with van der Waals surface area (Å²) in [6.45, 7) is 1.41. The van der Waals surface area contributed by atoms with Crippen molar-refractivity contribution in [3.05, 3.63) is 59.1 Å². The summed E-state index contributed by atoms with van der Waals surface area (Å²) in [6.07, 6.45) is 1.72. The van der Waals surface area contributed by atoms with Gasteiger partial charge in [0.25, 0.3) is 0 Å². The number of nitrogens with two attached hydrogens (primary N) is 1. The molecule has 168 valence electrons. The molecule has 2 aromatic carbocycles. The van der Waals surface area contributed by atoms with Crippen LogP contribution in [0.2, 0.25) is 0 Å². The Morgan fingerprint density at radius 2 is 1.59 bits per heavy atom. The summed E-state index contributed by atoms with van der Waals surface area (Å²) in [6, 6.07) is 17.8. The number of methoxy groups -OCH3 is 1. The minimum absolute atomic E-state index is 0. The van der Waals surface area contributed by atoms with Crippen molar-refractivity contribution in [2.45, 2.75) is 18.9 Å². The zero-order chi connectivity index (χ0) is 21.6. The van der Waals surface area contributed by atoms with Gasteiger partial charge in [-0.1, -0.05) is 28.1 Å². The van der Waals surface area contributed by atoms with Gasteiger partial charge in [0.1, 0.15) is 5.75 Å². The van der Waals surface area contributed by atoms with Crippen LogP contribution < -0.4 is 15.8 Å². The highest BCUT2D eigenvalue weighted by Crippen LogP contribution is 2.27. The van der Waals surface area contributed by atoms with Gasteiger partial charge < -0.3 is 15.2 Å². The average Bonchev–Trinajstić information content (AvgIpc) is 2.80. The highest BCUT2D eigenvalue weighted by molar-refractivity contribution is 9.10. The van der Waals surface area contributed by atoms with Crippen LogP contribution in [0.4, 0.5) is 5.95 Å². The van der Waals surface area contributed by atoms with E-state index in [9.17, 15) is 0 Å². The fourth-order valence-corrected chi connectivity index (χ4v) is 3.60. The second-order valence-electron chi connectivity index (χ2n) is 7.18. The van der Waals surface area contributed by atoms with Crippen molar-refractivity contribution in [1.29, 1.82) is 0 Å². The van der Waals surface area contributed by atoms with Crippen LogP contribution in [0.3, 0.4) is 0 Å². The van der Waals surface area contributed by atoms with E-state index in [-0.39, 0.29) is 18.4 Å². The number of nitrogens with one attached hydrogen (secondary N) is 1. The number of halogens is 2. The number of hydrogen-bond acceptors (Lipinski definition) is 5. The van der Waals surface area contributed by atoms with Crippen molar-refractivity contribution >= 4 is 40.2 Å². The van der Waals surface area contributed by atoms with E-state index in [4.69, 9.17) is 15.2 Å². The summed E-state index contributed by atoms with van der Waals surface area (Å²) in [5.74, 6) is 1.50. The molecule has 9 heteroatoms. The fraction of sp³-hybridized carbons (Fsp3) is 0.261. The lowest BCUT2D eigenvalue weighted by Gasteiger charge is -2.19. The summed E-state index contributed by atoms with van der Waals surface area (Å²) in [5, 5.41) is 3.07. The molecule has 0 atom stereocenters. The predicted molar refractivity (Wildman–Crippen MR) is 133 cm³/mol. The zero-order valence-corrected chi connectivity index (χ0v) is 20.0. The molecule has 0 radical (unpaired) electrons. The molecule has 7 nitrogen and oxygen atoms in total. The number of nitrogens with zero attached hydrogens (tertiary/aromatic N) is 3. The molecule has 3 N–H and O–H groups in total. The monoisotopic (exact) mass is 517 g/mol. The van der Waals surface area contributed by atoms with Crippen LogP contribution in [0.15, 0.2) is 64.1 Å². The van der Waals surface area contributed by atoms with Gasteiger partial charge in [0, 0.05) is 28.8 Å². The Labute approximate surface area is 202 Å². The zero-order valence-electron chi connectivity index (χ0n) is 17.6. The van der Waals surface area contributed by atoms with Gasteiger partial charge >= 0.3 is 0 Å². The summed E-state index contributed by atoms with van der Waals surface area (Å²) in [4.78, 5) is 13.9. The van der Waals surface area contributed by atoms with E-state index < -0.39 is 0 Å². The van der Waals surface area contributed by atoms with Crippen molar-refractivity contribution < 1.29 is 9.47 Å². The third kappa shape index (κ3) is 6.18. The van der Waals surface area contributed by atoms with Gasteiger partial charge in [0.15, 0.2) is 5.96 Å². The van der Waals surface area contributed by atoms with E-state index in [0.717, 1.165) is 45.6 Å². The first-order valence-electron chi connectivity index (χ1n) is 10.1. The van der Waals surface area contributed by atoms with Crippen LogP contribution >= 0.6 is 28.3 Å². The number of rotatable bonds is 5. The topological polar surface area (TPSA) is 94.7 Å². The van der Waals surface area contributed by atoms with Gasteiger partial charge in [-0.15, -0.1) is 12.4 Å². The Morgan fingerprint density at radius 1 is 1.03 bits per heavy atom. The highest BCUT2D eigenvalue weighted by atomic mass is 79.9. The van der Waals surface area contributed by atoms with Crippen LogP contribution in [0.25, 0.3) is 22.5 Å². The molecular weight excluding hydrogens is 494 g/mol. The van der Waals surface area contributed by atoms with Crippen molar-refractivity contribution in [3.63, 3.8) is 0 Å². The van der Waals surface area contributed by atoms with Gasteiger partial charge in [-0.05, 0) is 55.3 Å². The van der Waals surface area contributed by atoms with Crippen molar-refractivity contribution in [1.82, 2.24) is 9.97 Å². The van der Waals surface area contributed by atoms with Gasteiger partial charge in [-0.25, -0.2) is 15.0 Å². The van der Waals surface area contributed by atoms with Crippen molar-refractivity contribution in [3.8, 4) is 28.3 Å². The Morgan fingerprint density at radius 3 is 2.16 bits per heavy atom. The average molecular weight is 519 g/mol. The second kappa shape index (κ2) is 11.3. The molecule has 4 rings (SSSR count). The van der Waals surface area contributed by atoms with E-state index in [1.165, 1.54) is 0 Å². The third-order valence-electron chi connectivity index (χ3n) is 5.00. The van der Waals surface area contributed by atoms with Gasteiger partial charge in [0.05, 0.1) is 24.5 Å². The molecular formula is C23H25BrClN5O2. The Hall–Kier alpha value is -2.68. The molecule has 1 aromatic heterocycles. The number of guanidine groups is 1. The van der Waals surface area contributed by atoms with Crippen LogP contribution in [0.5, 0.6) is 5.75 Å². The first-order chi connectivity index (χ1) is 15.1. The molecule has 1 aliphatic rings. The lowest BCUT2D eigenvalue weighted by molar-refractivity contribution is 0.0871. The maximum atomic E-state index is 6.17. The van der Waals surface area contributed by atoms with Crippen LogP contribution in [0, 0.1) is 0 Å². The van der Waals surface area contributed by atoms with E-state index in [1.54, 1.807) is 7.11 Å². The Bertz CT molecular complexity index is 1050. The predicted octanol–water partition coefficient (Wildman–Crippen LogP) is 4.91. The number of aliphatic imine (C=N–C) groups is 1. The lowest BCUT2D eigenvalue weighted by atomic mass is 10.1. The minimum Gasteiger partial charge on any atom is -0.497 e. The molecule has 0 spiro atoms. The van der Waals surface area contributed by atoms with E-state index in [2.05, 4.69) is 36.2 Å². The maximum Gasteiger partial charge on any atom is 0.230 e. The van der Waals surface area contributed by atoms with E-state index in [1.807, 2.05) is 54.6 Å². The first-order valence-corrected chi connectivity index (χ1v) is 10.9. The van der Waals surface area contributed by atoms with Crippen LogP contribution in [0.1, 0.15) is 12.8 Å². The smallest absolute Gasteiger partial charge is 0.230 e. The summed E-state index contributed by atoms with van der Waals surface area (Å²) in [7, 11) is 1.65. The molecule has 1 saturated heterocycles. The van der Waals surface area contributed by atoms with Gasteiger partial charge in [-0.3, -0.25) is 5.32 Å². The second-order valence-corrected chi connectivity index (χ2v) is 8.10. The molecule has 3 aromatic rings. The molecule has 0 amide bonds. The molecule has 0 unspecified atom stereocenters. The quantitative estimate of drug-likeness (QED) is 0.368. The SMILES string of the molecule is COc1ccc(-c2cc(-c3ccc(Br)cc3)nc(NC(N)=NC3CCOCC3)n2)cc1.Cl. The normalized spacial score (nSPS) is 14.5. The van der Waals surface area contributed by atoms with Crippen LogP contribution in [-0.4, -0.2) is 42.3 Å². The number of benzene rings is 2. The first kappa shape index (κ1) is 24.0. The minimum atomic E-state index is 0. The molecule has 1 aliphatic heterocycles. The van der Waals surface area contributed by atoms with Gasteiger partial charge in [0.2, 0.25) is 5.95 Å². The molecule has 2 heterocycles. The molecule has 0 bridgehead atoms. The van der Waals surface area contributed by atoms with E-state index >= 15 is 0 Å². The highest BCUT2D eigenvalue weighted by Gasteiger charge is 2.14. The van der Waals surface area contributed by atoms with Crippen molar-refractivity contribution in [2.24, 2.45) is 10.7 Å². The molecule has 0 aliphatic carbocycles. The van der Waals surface area contributed by atoms with E-state index in [0.29, 0.717) is 25.1 Å². The fourth-order valence-electron chi connectivity index (χ4n) is 3.34. The van der Waals surface area contributed by atoms with Gasteiger partial charge in [-0.2, -0.15) is 0 Å². The van der Waals surface area contributed by atoms with Crippen molar-refractivity contribution in [2.75, 3.05) is 25.6 Å². The number of hydrogen-bond donors (Lipinski definition) is 2.